The van der Waals surface area contributed by atoms with E-state index in [0.29, 0.717) is 0 Å². The van der Waals surface area contributed by atoms with Crippen molar-refractivity contribution in [1.29, 1.82) is 0 Å². The summed E-state index contributed by atoms with van der Waals surface area (Å²) in [7, 11) is 1.99. The first-order valence-electron chi connectivity index (χ1n) is 8.82. The molecule has 0 bridgehead atoms. The van der Waals surface area contributed by atoms with E-state index in [1.165, 1.54) is 12.8 Å². The minimum atomic E-state index is -0.258. The van der Waals surface area contributed by atoms with Gasteiger partial charge in [0.15, 0.2) is 0 Å². The lowest BCUT2D eigenvalue weighted by atomic mass is 9.89. The Balaban J connectivity index is 3.65. The molecule has 1 amide bonds. The average Bonchev–Trinajstić information content (AvgIpc) is 2.46. The quantitative estimate of drug-likeness (QED) is 0.512. The number of hydrogen-bond donors (Lipinski definition) is 2. The highest BCUT2D eigenvalue weighted by Crippen LogP contribution is 2.20. The van der Waals surface area contributed by atoms with Crippen LogP contribution in [0.2, 0.25) is 0 Å². The second-order valence-corrected chi connectivity index (χ2v) is 7.37. The molecule has 4 nitrogen and oxygen atoms in total. The molecule has 0 aromatic carbocycles. The fraction of sp³-hybridized carbons (Fsp3) is 0.944. The summed E-state index contributed by atoms with van der Waals surface area (Å²) >= 11 is 0. The Morgan fingerprint density at radius 1 is 1.00 bits per heavy atom. The molecule has 0 spiro atoms. The highest BCUT2D eigenvalue weighted by Gasteiger charge is 2.24. The molecule has 0 aliphatic rings. The molecule has 0 unspecified atom stereocenters. The number of nitrogens with one attached hydrogen (secondary N) is 2. The molecule has 0 aromatic heterocycles. The fourth-order valence-corrected chi connectivity index (χ4v) is 2.10. The maximum atomic E-state index is 11.9. The molecule has 0 fully saturated rings. The molecule has 0 radical (unpaired) electrons. The van der Waals surface area contributed by atoms with E-state index in [0.717, 1.165) is 45.4 Å². The largest absolute Gasteiger partial charge is 0.376 e. The lowest BCUT2D eigenvalue weighted by molar-refractivity contribution is -0.129. The van der Waals surface area contributed by atoms with Gasteiger partial charge in [-0.1, -0.05) is 20.8 Å². The number of ether oxygens (including phenoxy) is 1. The zero-order valence-electron chi connectivity index (χ0n) is 15.7. The Morgan fingerprint density at radius 2 is 1.64 bits per heavy atom. The monoisotopic (exact) mass is 314 g/mol. The van der Waals surface area contributed by atoms with Crippen molar-refractivity contribution in [3.05, 3.63) is 0 Å². The minimum Gasteiger partial charge on any atom is -0.376 e. The van der Waals surface area contributed by atoms with E-state index in [1.54, 1.807) is 0 Å². The zero-order valence-corrected chi connectivity index (χ0v) is 15.7. The van der Waals surface area contributed by atoms with Gasteiger partial charge in [-0.25, -0.2) is 0 Å². The average molecular weight is 315 g/mol. The molecule has 0 rings (SSSR count). The van der Waals surface area contributed by atoms with Gasteiger partial charge in [0.05, 0.1) is 5.60 Å². The van der Waals surface area contributed by atoms with Crippen LogP contribution in [0.5, 0.6) is 0 Å². The number of amides is 1. The number of unbranched alkanes of at least 4 members (excludes halogenated alkanes) is 2. The maximum Gasteiger partial charge on any atom is 0.225 e. The van der Waals surface area contributed by atoms with E-state index in [-0.39, 0.29) is 16.9 Å². The van der Waals surface area contributed by atoms with Crippen LogP contribution < -0.4 is 10.6 Å². The van der Waals surface area contributed by atoms with Gasteiger partial charge in [0.1, 0.15) is 0 Å². The summed E-state index contributed by atoms with van der Waals surface area (Å²) in [6.07, 6.45) is 6.31. The predicted octanol–water partition coefficient (Wildman–Crippen LogP) is 3.50. The van der Waals surface area contributed by atoms with Crippen LogP contribution in [-0.4, -0.2) is 38.3 Å². The normalized spacial score (nSPS) is 12.5. The van der Waals surface area contributed by atoms with Crippen LogP contribution in [0.15, 0.2) is 0 Å². The Hall–Kier alpha value is -0.610. The van der Waals surface area contributed by atoms with E-state index in [1.807, 2.05) is 27.8 Å². The molecule has 2 N–H and O–H groups in total. The van der Waals surface area contributed by atoms with Gasteiger partial charge in [-0.3, -0.25) is 4.79 Å². The van der Waals surface area contributed by atoms with Crippen LogP contribution in [-0.2, 0) is 9.53 Å². The van der Waals surface area contributed by atoms with Gasteiger partial charge >= 0.3 is 0 Å². The summed E-state index contributed by atoms with van der Waals surface area (Å²) in [5.74, 6) is 0.154. The summed E-state index contributed by atoms with van der Waals surface area (Å²) < 4.78 is 5.97. The zero-order chi connectivity index (χ0) is 17.1. The maximum absolute atomic E-state index is 11.9. The highest BCUT2D eigenvalue weighted by atomic mass is 16.5. The molecule has 0 atom stereocenters. The van der Waals surface area contributed by atoms with Crippen molar-refractivity contribution in [1.82, 2.24) is 10.6 Å². The number of hydrogen-bond acceptors (Lipinski definition) is 3. The minimum absolute atomic E-state index is 0.0405. The van der Waals surface area contributed by atoms with E-state index >= 15 is 0 Å². The second-order valence-electron chi connectivity index (χ2n) is 7.37. The van der Waals surface area contributed by atoms with Crippen LogP contribution in [0.3, 0.4) is 0 Å². The Labute approximate surface area is 137 Å². The van der Waals surface area contributed by atoms with Crippen LogP contribution in [0.25, 0.3) is 0 Å². The van der Waals surface area contributed by atoms with E-state index in [9.17, 15) is 4.79 Å². The molecular weight excluding hydrogens is 276 g/mol. The summed E-state index contributed by atoms with van der Waals surface area (Å²) in [6, 6.07) is 0. The molecule has 0 saturated heterocycles. The Morgan fingerprint density at radius 3 is 2.23 bits per heavy atom. The van der Waals surface area contributed by atoms with Crippen molar-refractivity contribution in [2.45, 2.75) is 78.7 Å². The van der Waals surface area contributed by atoms with E-state index in [2.05, 4.69) is 24.5 Å². The summed E-state index contributed by atoms with van der Waals surface area (Å²) in [6.45, 7) is 12.9. The van der Waals surface area contributed by atoms with Crippen molar-refractivity contribution in [3.63, 3.8) is 0 Å². The van der Waals surface area contributed by atoms with Gasteiger partial charge in [-0.15, -0.1) is 0 Å². The van der Waals surface area contributed by atoms with Crippen molar-refractivity contribution in [2.75, 3.05) is 26.7 Å². The van der Waals surface area contributed by atoms with E-state index < -0.39 is 0 Å². The van der Waals surface area contributed by atoms with Crippen molar-refractivity contribution in [3.8, 4) is 0 Å². The summed E-state index contributed by atoms with van der Waals surface area (Å²) in [5.41, 5.74) is -0.299. The fourth-order valence-electron chi connectivity index (χ4n) is 2.10. The van der Waals surface area contributed by atoms with Crippen LogP contribution in [0.4, 0.5) is 0 Å². The molecule has 0 aromatic rings. The van der Waals surface area contributed by atoms with Crippen LogP contribution in [0, 0.1) is 5.41 Å². The molecule has 0 aliphatic heterocycles. The number of carbonyl (C=O) groups is 1. The Kier molecular flexibility index (Phi) is 10.7. The lowest BCUT2D eigenvalue weighted by Gasteiger charge is -2.25. The highest BCUT2D eigenvalue weighted by molar-refractivity contribution is 5.81. The molecule has 132 valence electrons. The SMILES string of the molecule is CCC(C)(C)C(=O)NCCCCOC(C)(C)CCCCNC. The molecule has 0 heterocycles. The number of rotatable bonds is 13. The molecular formula is C18H38N2O2. The third-order valence-electron chi connectivity index (χ3n) is 4.30. The lowest BCUT2D eigenvalue weighted by Crippen LogP contribution is -2.37. The summed E-state index contributed by atoms with van der Waals surface area (Å²) in [5, 5.41) is 6.19. The van der Waals surface area contributed by atoms with Gasteiger partial charge in [-0.2, -0.15) is 0 Å². The first kappa shape index (κ1) is 21.4. The summed E-state index contributed by atoms with van der Waals surface area (Å²) in [4.78, 5) is 11.9. The topological polar surface area (TPSA) is 50.4 Å². The smallest absolute Gasteiger partial charge is 0.225 e. The van der Waals surface area contributed by atoms with Gasteiger partial charge in [-0.05, 0) is 66.0 Å². The van der Waals surface area contributed by atoms with Crippen LogP contribution in [0.1, 0.15) is 73.1 Å². The van der Waals surface area contributed by atoms with Gasteiger partial charge in [0, 0.05) is 18.6 Å². The van der Waals surface area contributed by atoms with Crippen molar-refractivity contribution >= 4 is 5.91 Å². The third kappa shape index (κ3) is 10.2. The van der Waals surface area contributed by atoms with Gasteiger partial charge in [0.2, 0.25) is 5.91 Å². The van der Waals surface area contributed by atoms with Gasteiger partial charge in [0.25, 0.3) is 0 Å². The second kappa shape index (κ2) is 11.0. The first-order valence-corrected chi connectivity index (χ1v) is 8.82. The molecule has 22 heavy (non-hydrogen) atoms. The molecule has 0 saturated carbocycles. The number of carbonyl (C=O) groups excluding carboxylic acids is 1. The third-order valence-corrected chi connectivity index (χ3v) is 4.30. The van der Waals surface area contributed by atoms with Crippen molar-refractivity contribution < 1.29 is 9.53 Å². The predicted molar refractivity (Wildman–Crippen MR) is 94.1 cm³/mol. The molecule has 4 heteroatoms. The Bertz CT molecular complexity index is 301. The van der Waals surface area contributed by atoms with Crippen molar-refractivity contribution in [2.24, 2.45) is 5.41 Å². The molecule has 0 aliphatic carbocycles. The standard InChI is InChI=1S/C18H38N2O2/c1-7-17(2,3)16(21)20-14-10-11-15-22-18(4,5)12-8-9-13-19-6/h19H,7-15H2,1-6H3,(H,20,21). The van der Waals surface area contributed by atoms with Gasteiger partial charge < -0.3 is 15.4 Å². The van der Waals surface area contributed by atoms with Crippen LogP contribution >= 0.6 is 0 Å². The first-order chi connectivity index (χ1) is 10.2. The van der Waals surface area contributed by atoms with E-state index in [4.69, 9.17) is 4.74 Å².